The second kappa shape index (κ2) is 7.24. The van der Waals surface area contributed by atoms with Crippen molar-refractivity contribution < 1.29 is 9.66 Å². The number of hydrogen-bond donors (Lipinski definition) is 1. The van der Waals surface area contributed by atoms with Gasteiger partial charge in [0.15, 0.2) is 0 Å². The maximum absolute atomic E-state index is 10.6. The highest BCUT2D eigenvalue weighted by molar-refractivity contribution is 9.10. The molecule has 0 aromatic heterocycles. The molecule has 0 spiro atoms. The minimum Gasteiger partial charge on any atom is -0.493 e. The molecule has 0 atom stereocenters. The molecule has 0 unspecified atom stereocenters. The highest BCUT2D eigenvalue weighted by Gasteiger charge is 2.09. The van der Waals surface area contributed by atoms with E-state index in [1.54, 1.807) is 6.07 Å². The molecule has 0 saturated heterocycles. The fraction of sp³-hybridized carbons (Fsp3) is 0.455. The molecule has 94 valence electrons. The summed E-state index contributed by atoms with van der Waals surface area (Å²) in [5, 5.41) is 13.8. The smallest absolute Gasteiger partial charge is 0.274 e. The van der Waals surface area contributed by atoms with Gasteiger partial charge in [-0.1, -0.05) is 22.9 Å². The van der Waals surface area contributed by atoms with Crippen LogP contribution in [0, 0.1) is 10.1 Å². The third-order valence-corrected chi connectivity index (χ3v) is 2.54. The van der Waals surface area contributed by atoms with Gasteiger partial charge in [0.05, 0.1) is 17.6 Å². The Kier molecular flexibility index (Phi) is 5.93. The van der Waals surface area contributed by atoms with Gasteiger partial charge in [-0.05, 0) is 25.6 Å². The predicted octanol–water partition coefficient (Wildman–Crippen LogP) is 2.74. The van der Waals surface area contributed by atoms with Gasteiger partial charge in [0.1, 0.15) is 5.75 Å². The highest BCUT2D eigenvalue weighted by atomic mass is 79.9. The third kappa shape index (κ3) is 5.14. The number of ether oxygens (including phenoxy) is 1. The number of nitrogens with one attached hydrogen (secondary N) is 1. The van der Waals surface area contributed by atoms with E-state index in [4.69, 9.17) is 4.74 Å². The molecule has 5 nitrogen and oxygen atoms in total. The summed E-state index contributed by atoms with van der Waals surface area (Å²) in [6.07, 6.45) is 0.869. The van der Waals surface area contributed by atoms with Crippen molar-refractivity contribution in [2.45, 2.75) is 13.3 Å². The zero-order valence-corrected chi connectivity index (χ0v) is 11.2. The average Bonchev–Trinajstić information content (AvgIpc) is 2.28. The molecule has 1 aromatic carbocycles. The molecule has 6 heteroatoms. The van der Waals surface area contributed by atoms with Crippen LogP contribution in [0.1, 0.15) is 13.3 Å². The number of halogens is 1. The zero-order valence-electron chi connectivity index (χ0n) is 9.61. The minimum atomic E-state index is -0.434. The number of benzene rings is 1. The van der Waals surface area contributed by atoms with E-state index in [1.807, 2.05) is 6.92 Å². The van der Waals surface area contributed by atoms with Gasteiger partial charge in [-0.2, -0.15) is 0 Å². The number of rotatable bonds is 7. The molecule has 0 radical (unpaired) electrons. The van der Waals surface area contributed by atoms with Gasteiger partial charge in [0.2, 0.25) is 0 Å². The van der Waals surface area contributed by atoms with Crippen molar-refractivity contribution in [1.29, 1.82) is 0 Å². The molecule has 1 N–H and O–H groups in total. The van der Waals surface area contributed by atoms with Crippen LogP contribution in [0.3, 0.4) is 0 Å². The van der Waals surface area contributed by atoms with E-state index in [9.17, 15) is 10.1 Å². The highest BCUT2D eigenvalue weighted by Crippen LogP contribution is 2.26. The molecule has 0 amide bonds. The monoisotopic (exact) mass is 302 g/mol. The molecule has 0 aliphatic carbocycles. The summed E-state index contributed by atoms with van der Waals surface area (Å²) in [7, 11) is 0. The number of hydrogen-bond acceptors (Lipinski definition) is 4. The number of non-ortho nitro benzene ring substituents is 1. The number of nitrogens with zero attached hydrogens (tertiary/aromatic N) is 1. The Balaban J connectivity index is 2.50. The summed E-state index contributed by atoms with van der Waals surface area (Å²) in [6, 6.07) is 4.60. The van der Waals surface area contributed by atoms with E-state index >= 15 is 0 Å². The molecule has 0 aliphatic heterocycles. The van der Waals surface area contributed by atoms with E-state index in [2.05, 4.69) is 21.2 Å². The van der Waals surface area contributed by atoms with Crippen LogP contribution >= 0.6 is 15.9 Å². The van der Waals surface area contributed by atoms with Gasteiger partial charge in [-0.3, -0.25) is 10.1 Å². The first-order valence-electron chi connectivity index (χ1n) is 5.42. The van der Waals surface area contributed by atoms with Crippen LogP contribution in [-0.2, 0) is 0 Å². The molecule has 0 heterocycles. The lowest BCUT2D eigenvalue weighted by atomic mass is 10.3. The normalized spacial score (nSPS) is 10.2. The minimum absolute atomic E-state index is 0.0288. The van der Waals surface area contributed by atoms with Crippen LogP contribution in [0.25, 0.3) is 0 Å². The standard InChI is InChI=1S/C11H15BrN2O3/c1-2-13-4-3-5-17-11-7-9(12)6-10(8-11)14(15)16/h6-8,13H,2-5H2,1H3. The lowest BCUT2D eigenvalue weighted by molar-refractivity contribution is -0.385. The van der Waals surface area contributed by atoms with Crippen molar-refractivity contribution in [2.24, 2.45) is 0 Å². The zero-order chi connectivity index (χ0) is 12.7. The maximum atomic E-state index is 10.6. The van der Waals surface area contributed by atoms with Crippen molar-refractivity contribution in [3.05, 3.63) is 32.8 Å². The Bertz CT molecular complexity index is 385. The second-order valence-electron chi connectivity index (χ2n) is 3.46. The van der Waals surface area contributed by atoms with Gasteiger partial charge < -0.3 is 10.1 Å². The number of nitro groups is 1. The van der Waals surface area contributed by atoms with Gasteiger partial charge in [0, 0.05) is 10.5 Å². The van der Waals surface area contributed by atoms with Crippen LogP contribution in [-0.4, -0.2) is 24.6 Å². The SMILES string of the molecule is CCNCCCOc1cc(Br)cc([N+](=O)[O-])c1. The van der Waals surface area contributed by atoms with Gasteiger partial charge >= 0.3 is 0 Å². The Hall–Kier alpha value is -1.14. The van der Waals surface area contributed by atoms with Crippen molar-refractivity contribution in [3.8, 4) is 5.75 Å². The Morgan fingerprint density at radius 2 is 2.24 bits per heavy atom. The fourth-order valence-electron chi connectivity index (χ4n) is 1.30. The Labute approximate surface area is 108 Å². The lowest BCUT2D eigenvalue weighted by Gasteiger charge is -2.06. The lowest BCUT2D eigenvalue weighted by Crippen LogP contribution is -2.16. The predicted molar refractivity (Wildman–Crippen MR) is 69.5 cm³/mol. The fourth-order valence-corrected chi connectivity index (χ4v) is 1.76. The molecule has 1 aromatic rings. The molecular weight excluding hydrogens is 288 g/mol. The Morgan fingerprint density at radius 3 is 2.88 bits per heavy atom. The van der Waals surface area contributed by atoms with E-state index in [0.29, 0.717) is 16.8 Å². The van der Waals surface area contributed by atoms with E-state index < -0.39 is 4.92 Å². The quantitative estimate of drug-likeness (QED) is 0.478. The summed E-state index contributed by atoms with van der Waals surface area (Å²) in [5.41, 5.74) is 0.0288. The molecule has 1 rings (SSSR count). The van der Waals surface area contributed by atoms with E-state index in [1.165, 1.54) is 12.1 Å². The maximum Gasteiger partial charge on any atom is 0.274 e. The molecular formula is C11H15BrN2O3. The van der Waals surface area contributed by atoms with Gasteiger partial charge in [-0.25, -0.2) is 0 Å². The van der Waals surface area contributed by atoms with Crippen LogP contribution in [0.2, 0.25) is 0 Å². The van der Waals surface area contributed by atoms with E-state index in [-0.39, 0.29) is 5.69 Å². The van der Waals surface area contributed by atoms with Crippen molar-refractivity contribution >= 4 is 21.6 Å². The summed E-state index contributed by atoms with van der Waals surface area (Å²) in [5.74, 6) is 0.516. The molecule has 0 aliphatic rings. The summed E-state index contributed by atoms with van der Waals surface area (Å²) in [6.45, 7) is 4.40. The Morgan fingerprint density at radius 1 is 1.47 bits per heavy atom. The van der Waals surface area contributed by atoms with Crippen molar-refractivity contribution in [3.63, 3.8) is 0 Å². The van der Waals surface area contributed by atoms with Crippen molar-refractivity contribution in [2.75, 3.05) is 19.7 Å². The summed E-state index contributed by atoms with van der Waals surface area (Å²) in [4.78, 5) is 10.2. The first-order chi connectivity index (χ1) is 8.13. The third-order valence-electron chi connectivity index (χ3n) is 2.08. The van der Waals surface area contributed by atoms with E-state index in [0.717, 1.165) is 19.5 Å². The van der Waals surface area contributed by atoms with Crippen molar-refractivity contribution in [1.82, 2.24) is 5.32 Å². The van der Waals surface area contributed by atoms with Crippen LogP contribution in [0.4, 0.5) is 5.69 Å². The van der Waals surface area contributed by atoms with Gasteiger partial charge in [0.25, 0.3) is 5.69 Å². The van der Waals surface area contributed by atoms with Crippen LogP contribution < -0.4 is 10.1 Å². The summed E-state index contributed by atoms with van der Waals surface area (Å²) < 4.78 is 6.10. The second-order valence-corrected chi connectivity index (χ2v) is 4.37. The van der Waals surface area contributed by atoms with Crippen LogP contribution in [0.15, 0.2) is 22.7 Å². The molecule has 0 saturated carbocycles. The summed E-state index contributed by atoms with van der Waals surface area (Å²) >= 11 is 3.22. The molecule has 0 bridgehead atoms. The molecule has 17 heavy (non-hydrogen) atoms. The van der Waals surface area contributed by atoms with Gasteiger partial charge in [-0.15, -0.1) is 0 Å². The first-order valence-corrected chi connectivity index (χ1v) is 6.21. The molecule has 0 fully saturated rings. The average molecular weight is 303 g/mol. The number of nitro benzene ring substituents is 1. The largest absolute Gasteiger partial charge is 0.493 e. The van der Waals surface area contributed by atoms with Crippen LogP contribution in [0.5, 0.6) is 5.75 Å². The first kappa shape index (κ1) is 13.9. The topological polar surface area (TPSA) is 64.4 Å².